The molecule has 1 aliphatic heterocycles. The largest absolute Gasteiger partial charge is 0.466 e. The van der Waals surface area contributed by atoms with Gasteiger partial charge in [-0.1, -0.05) is 38.1 Å². The van der Waals surface area contributed by atoms with Crippen LogP contribution in [0.5, 0.6) is 0 Å². The lowest BCUT2D eigenvalue weighted by Gasteiger charge is -2.33. The molecular formula is C25H34N2O5. The lowest BCUT2D eigenvalue weighted by atomic mass is 9.70. The van der Waals surface area contributed by atoms with E-state index in [0.717, 1.165) is 11.1 Å². The van der Waals surface area contributed by atoms with Crippen molar-refractivity contribution in [3.63, 3.8) is 0 Å². The van der Waals surface area contributed by atoms with E-state index < -0.39 is 35.8 Å². The summed E-state index contributed by atoms with van der Waals surface area (Å²) in [5, 5.41) is 13.0. The zero-order valence-corrected chi connectivity index (χ0v) is 19.5. The molecule has 0 radical (unpaired) electrons. The molecule has 2 aliphatic rings. The Balaban J connectivity index is 2.02. The number of ether oxygens (including phenoxy) is 1. The van der Waals surface area contributed by atoms with Crippen LogP contribution < -0.4 is 5.32 Å². The molecule has 174 valence electrons. The van der Waals surface area contributed by atoms with Crippen molar-refractivity contribution in [1.82, 2.24) is 4.90 Å². The summed E-state index contributed by atoms with van der Waals surface area (Å²) in [6, 6.07) is 4.49. The van der Waals surface area contributed by atoms with Crippen molar-refractivity contribution in [2.45, 2.75) is 53.1 Å². The third-order valence-electron chi connectivity index (χ3n) is 6.76. The highest BCUT2D eigenvalue weighted by molar-refractivity contribution is 6.02. The SMILES string of the molecule is CCOC(=O)[C@H]1[C@@H]2C(=O)N([C@@H](CC)CO)[C@H](C(=O)Nc3cc(C)ccc3C)[C@H]2C=C[C@H]1C. The van der Waals surface area contributed by atoms with Crippen LogP contribution in [0.25, 0.3) is 0 Å². The first-order chi connectivity index (χ1) is 15.2. The van der Waals surface area contributed by atoms with E-state index in [2.05, 4.69) is 5.32 Å². The molecule has 0 spiro atoms. The molecule has 7 heteroatoms. The fourth-order valence-corrected chi connectivity index (χ4v) is 5.02. The summed E-state index contributed by atoms with van der Waals surface area (Å²) in [7, 11) is 0. The van der Waals surface area contributed by atoms with Gasteiger partial charge in [0, 0.05) is 11.6 Å². The van der Waals surface area contributed by atoms with Gasteiger partial charge in [0.1, 0.15) is 6.04 Å². The topological polar surface area (TPSA) is 95.9 Å². The fraction of sp³-hybridized carbons (Fsp3) is 0.560. The van der Waals surface area contributed by atoms with Gasteiger partial charge in [0.05, 0.1) is 31.1 Å². The first-order valence-corrected chi connectivity index (χ1v) is 11.4. The van der Waals surface area contributed by atoms with Gasteiger partial charge in [0.2, 0.25) is 11.8 Å². The van der Waals surface area contributed by atoms with Crippen LogP contribution in [-0.4, -0.2) is 53.1 Å². The number of aryl methyl sites for hydroxylation is 2. The van der Waals surface area contributed by atoms with E-state index >= 15 is 0 Å². The number of aliphatic hydroxyl groups excluding tert-OH is 1. The predicted octanol–water partition coefficient (Wildman–Crippen LogP) is 2.84. The summed E-state index contributed by atoms with van der Waals surface area (Å²) < 4.78 is 5.28. The van der Waals surface area contributed by atoms with E-state index in [0.29, 0.717) is 12.1 Å². The normalized spacial score (nSPS) is 27.8. The van der Waals surface area contributed by atoms with E-state index in [-0.39, 0.29) is 30.9 Å². The smallest absolute Gasteiger partial charge is 0.310 e. The molecule has 1 aromatic rings. The average Bonchev–Trinajstić information content (AvgIpc) is 3.04. The number of esters is 1. The summed E-state index contributed by atoms with van der Waals surface area (Å²) in [4.78, 5) is 41.5. The van der Waals surface area contributed by atoms with E-state index in [1.807, 2.05) is 58.0 Å². The van der Waals surface area contributed by atoms with Crippen molar-refractivity contribution in [2.24, 2.45) is 23.7 Å². The first-order valence-electron chi connectivity index (χ1n) is 11.4. The molecule has 2 amide bonds. The number of hydrogen-bond acceptors (Lipinski definition) is 5. The quantitative estimate of drug-likeness (QED) is 0.500. The number of carbonyl (C=O) groups excluding carboxylic acids is 3. The standard InChI is InChI=1S/C25H34N2O5/c1-6-17(13-28)27-22(23(29)26-19-12-14(3)8-9-15(19)4)18-11-10-16(5)20(21(18)24(27)30)25(31)32-7-2/h8-12,16-18,20-22,28H,6-7,13H2,1-5H3,(H,26,29)/t16-,17+,18+,20-,21-,22+/m1/s1. The Morgan fingerprint density at radius 3 is 2.56 bits per heavy atom. The third kappa shape index (κ3) is 4.31. The number of fused-ring (bicyclic) bond motifs is 1. The Labute approximate surface area is 189 Å². The van der Waals surface area contributed by atoms with Crippen LogP contribution >= 0.6 is 0 Å². The van der Waals surface area contributed by atoms with Crippen LogP contribution in [0.1, 0.15) is 38.3 Å². The van der Waals surface area contributed by atoms with Crippen molar-refractivity contribution in [1.29, 1.82) is 0 Å². The lowest BCUT2D eigenvalue weighted by molar-refractivity contribution is -0.155. The maximum absolute atomic E-state index is 13.6. The highest BCUT2D eigenvalue weighted by Crippen LogP contribution is 2.45. The molecule has 3 rings (SSSR count). The molecule has 6 atom stereocenters. The van der Waals surface area contributed by atoms with E-state index in [9.17, 15) is 19.5 Å². The molecule has 2 N–H and O–H groups in total. The third-order valence-corrected chi connectivity index (χ3v) is 6.76. The van der Waals surface area contributed by atoms with Crippen molar-refractivity contribution >= 4 is 23.5 Å². The van der Waals surface area contributed by atoms with Crippen molar-refractivity contribution < 1.29 is 24.2 Å². The van der Waals surface area contributed by atoms with Gasteiger partial charge in [-0.3, -0.25) is 14.4 Å². The number of anilines is 1. The monoisotopic (exact) mass is 442 g/mol. The predicted molar refractivity (Wildman–Crippen MR) is 122 cm³/mol. The fourth-order valence-electron chi connectivity index (χ4n) is 5.02. The number of rotatable bonds is 7. The Bertz CT molecular complexity index is 908. The summed E-state index contributed by atoms with van der Waals surface area (Å²) in [5.74, 6) is -3.01. The van der Waals surface area contributed by atoms with E-state index in [1.54, 1.807) is 6.92 Å². The van der Waals surface area contributed by atoms with Crippen molar-refractivity contribution in [3.05, 3.63) is 41.5 Å². The number of amides is 2. The maximum atomic E-state index is 13.6. The van der Waals surface area contributed by atoms with Crippen LogP contribution in [0.3, 0.4) is 0 Å². The minimum atomic E-state index is -0.815. The van der Waals surface area contributed by atoms with E-state index in [1.165, 1.54) is 4.90 Å². The van der Waals surface area contributed by atoms with Crippen LogP contribution in [-0.2, 0) is 19.1 Å². The number of nitrogens with zero attached hydrogens (tertiary/aromatic N) is 1. The van der Waals surface area contributed by atoms with Crippen molar-refractivity contribution in [3.8, 4) is 0 Å². The Morgan fingerprint density at radius 1 is 1.22 bits per heavy atom. The Morgan fingerprint density at radius 2 is 1.94 bits per heavy atom. The highest BCUT2D eigenvalue weighted by atomic mass is 16.5. The molecule has 1 heterocycles. The van der Waals surface area contributed by atoms with Gasteiger partial charge in [-0.25, -0.2) is 0 Å². The van der Waals surface area contributed by atoms with Gasteiger partial charge >= 0.3 is 5.97 Å². The number of hydrogen-bond donors (Lipinski definition) is 2. The Hall–Kier alpha value is -2.67. The molecule has 0 unspecified atom stereocenters. The molecule has 1 aromatic carbocycles. The second-order valence-electron chi connectivity index (χ2n) is 8.87. The molecule has 1 fully saturated rings. The highest BCUT2D eigenvalue weighted by Gasteiger charge is 2.58. The molecule has 0 saturated carbocycles. The number of carbonyl (C=O) groups is 3. The molecule has 1 aliphatic carbocycles. The Kier molecular flexibility index (Phi) is 7.39. The van der Waals surface area contributed by atoms with Gasteiger partial charge in [-0.05, 0) is 50.3 Å². The molecule has 32 heavy (non-hydrogen) atoms. The maximum Gasteiger partial charge on any atom is 0.310 e. The number of allylic oxidation sites excluding steroid dienone is 1. The zero-order chi connectivity index (χ0) is 23.6. The van der Waals surface area contributed by atoms with Gasteiger partial charge in [-0.2, -0.15) is 0 Å². The molecular weight excluding hydrogens is 408 g/mol. The van der Waals surface area contributed by atoms with E-state index in [4.69, 9.17) is 4.74 Å². The minimum Gasteiger partial charge on any atom is -0.466 e. The first kappa shape index (κ1) is 24.0. The van der Waals surface area contributed by atoms with Crippen LogP contribution in [0.15, 0.2) is 30.4 Å². The molecule has 1 saturated heterocycles. The average molecular weight is 443 g/mol. The molecule has 0 bridgehead atoms. The molecule has 7 nitrogen and oxygen atoms in total. The number of aliphatic hydroxyl groups is 1. The summed E-state index contributed by atoms with van der Waals surface area (Å²) in [5.41, 5.74) is 2.62. The second kappa shape index (κ2) is 9.86. The van der Waals surface area contributed by atoms with Crippen LogP contribution in [0.4, 0.5) is 5.69 Å². The van der Waals surface area contributed by atoms with Crippen LogP contribution in [0, 0.1) is 37.5 Å². The van der Waals surface area contributed by atoms with Crippen LogP contribution in [0.2, 0.25) is 0 Å². The van der Waals surface area contributed by atoms with Crippen molar-refractivity contribution in [2.75, 3.05) is 18.5 Å². The minimum absolute atomic E-state index is 0.184. The lowest BCUT2D eigenvalue weighted by Crippen LogP contribution is -2.50. The number of benzene rings is 1. The number of nitrogens with one attached hydrogen (secondary N) is 1. The summed E-state index contributed by atoms with van der Waals surface area (Å²) in [6.45, 7) is 9.34. The van der Waals surface area contributed by atoms with Gasteiger partial charge in [0.15, 0.2) is 0 Å². The molecule has 0 aromatic heterocycles. The second-order valence-corrected chi connectivity index (χ2v) is 8.87. The summed E-state index contributed by atoms with van der Waals surface area (Å²) >= 11 is 0. The zero-order valence-electron chi connectivity index (χ0n) is 19.5. The number of likely N-dealkylation sites (tertiary alicyclic amines) is 1. The van der Waals surface area contributed by atoms with Gasteiger partial charge < -0.3 is 20.1 Å². The van der Waals surface area contributed by atoms with Gasteiger partial charge in [-0.15, -0.1) is 0 Å². The summed E-state index contributed by atoms with van der Waals surface area (Å²) in [6.07, 6.45) is 4.29. The van der Waals surface area contributed by atoms with Gasteiger partial charge in [0.25, 0.3) is 0 Å².